The number of benzene rings is 1. The normalized spacial score (nSPS) is 31.0. The minimum atomic E-state index is -3.39. The van der Waals surface area contributed by atoms with E-state index in [1.165, 1.54) is 24.0 Å². The van der Waals surface area contributed by atoms with E-state index in [2.05, 4.69) is 9.62 Å². The Hall–Kier alpha value is -0.910. The van der Waals surface area contributed by atoms with Crippen molar-refractivity contribution in [2.24, 2.45) is 5.92 Å². The van der Waals surface area contributed by atoms with Crippen molar-refractivity contribution >= 4 is 10.0 Å². The maximum absolute atomic E-state index is 12.7. The van der Waals surface area contributed by atoms with E-state index in [9.17, 15) is 8.42 Å². The van der Waals surface area contributed by atoms with Gasteiger partial charge in [0.2, 0.25) is 10.0 Å². The summed E-state index contributed by atoms with van der Waals surface area (Å²) in [5, 5.41) is 0. The van der Waals surface area contributed by atoms with Gasteiger partial charge in [0.05, 0.1) is 4.90 Å². The Bertz CT molecular complexity index is 663. The molecule has 4 aliphatic rings. The van der Waals surface area contributed by atoms with Gasteiger partial charge in [-0.15, -0.1) is 0 Å². The minimum Gasteiger partial charge on any atom is -0.302 e. The Labute approximate surface area is 132 Å². The molecule has 120 valence electrons. The Morgan fingerprint density at radius 2 is 1.77 bits per heavy atom. The van der Waals surface area contributed by atoms with Crippen molar-refractivity contribution in [2.75, 3.05) is 19.6 Å². The van der Waals surface area contributed by atoms with E-state index < -0.39 is 10.0 Å². The van der Waals surface area contributed by atoms with Crippen LogP contribution in [0.25, 0.3) is 0 Å². The summed E-state index contributed by atoms with van der Waals surface area (Å²) in [6, 6.07) is 5.79. The topological polar surface area (TPSA) is 49.4 Å². The van der Waals surface area contributed by atoms with Crippen LogP contribution in [0.4, 0.5) is 0 Å². The Morgan fingerprint density at radius 3 is 2.45 bits per heavy atom. The number of sulfonamides is 1. The van der Waals surface area contributed by atoms with Crippen LogP contribution < -0.4 is 4.72 Å². The van der Waals surface area contributed by atoms with Crippen molar-refractivity contribution in [2.45, 2.75) is 49.5 Å². The molecule has 0 amide bonds. The molecule has 5 rings (SSSR count). The van der Waals surface area contributed by atoms with Gasteiger partial charge in [-0.25, -0.2) is 13.1 Å². The number of hydrogen-bond donors (Lipinski definition) is 1. The Morgan fingerprint density at radius 1 is 1.05 bits per heavy atom. The third-order valence-electron chi connectivity index (χ3n) is 5.59. The number of piperidine rings is 3. The molecule has 1 N–H and O–H groups in total. The molecule has 0 spiro atoms. The number of fused-ring (bicyclic) bond motifs is 4. The average Bonchev–Trinajstić information content (AvgIpc) is 2.55. The minimum absolute atomic E-state index is 0.0866. The molecule has 2 bridgehead atoms. The van der Waals surface area contributed by atoms with Crippen LogP contribution in [0.1, 0.15) is 36.8 Å². The number of aryl methyl sites for hydroxylation is 2. The molecule has 0 aromatic heterocycles. The van der Waals surface area contributed by atoms with Gasteiger partial charge in [0.25, 0.3) is 0 Å². The lowest BCUT2D eigenvalue weighted by atomic mass is 9.85. The molecule has 0 radical (unpaired) electrons. The first-order valence-electron chi connectivity index (χ1n) is 8.48. The van der Waals surface area contributed by atoms with E-state index in [1.807, 2.05) is 12.1 Å². The van der Waals surface area contributed by atoms with Crippen molar-refractivity contribution in [1.29, 1.82) is 0 Å². The molecule has 3 saturated heterocycles. The number of rotatable bonds is 3. The van der Waals surface area contributed by atoms with Gasteiger partial charge in [0, 0.05) is 12.6 Å². The van der Waals surface area contributed by atoms with Crippen LogP contribution in [0, 0.1) is 5.92 Å². The molecule has 3 heterocycles. The highest BCUT2D eigenvalue weighted by Gasteiger charge is 2.36. The van der Waals surface area contributed by atoms with Crippen molar-refractivity contribution in [3.8, 4) is 0 Å². The smallest absolute Gasteiger partial charge is 0.240 e. The van der Waals surface area contributed by atoms with E-state index in [0.29, 0.717) is 10.8 Å². The van der Waals surface area contributed by atoms with Crippen LogP contribution in [0.2, 0.25) is 0 Å². The molecule has 0 saturated carbocycles. The monoisotopic (exact) mass is 320 g/mol. The maximum Gasteiger partial charge on any atom is 0.240 e. The maximum atomic E-state index is 12.7. The average molecular weight is 320 g/mol. The summed E-state index contributed by atoms with van der Waals surface area (Å²) in [6.45, 7) is 3.12. The van der Waals surface area contributed by atoms with Gasteiger partial charge in [0.1, 0.15) is 0 Å². The quantitative estimate of drug-likeness (QED) is 0.926. The molecular formula is C17H24N2O2S. The molecule has 1 aliphatic carbocycles. The second kappa shape index (κ2) is 5.62. The molecule has 4 nitrogen and oxygen atoms in total. The molecule has 1 unspecified atom stereocenters. The fourth-order valence-corrected chi connectivity index (χ4v) is 5.59. The van der Waals surface area contributed by atoms with Gasteiger partial charge >= 0.3 is 0 Å². The zero-order valence-electron chi connectivity index (χ0n) is 12.9. The predicted octanol–water partition coefficient (Wildman–Crippen LogP) is 1.94. The first-order chi connectivity index (χ1) is 10.6. The van der Waals surface area contributed by atoms with Crippen molar-refractivity contribution in [3.05, 3.63) is 29.3 Å². The van der Waals surface area contributed by atoms with Crippen molar-refractivity contribution in [3.63, 3.8) is 0 Å². The van der Waals surface area contributed by atoms with Crippen molar-refractivity contribution < 1.29 is 8.42 Å². The Balaban J connectivity index is 1.56. The van der Waals surface area contributed by atoms with Crippen LogP contribution in [0.15, 0.2) is 23.1 Å². The lowest BCUT2D eigenvalue weighted by molar-refractivity contribution is 0.0827. The predicted molar refractivity (Wildman–Crippen MR) is 86.4 cm³/mol. The van der Waals surface area contributed by atoms with Gasteiger partial charge in [-0.1, -0.05) is 6.07 Å². The first kappa shape index (κ1) is 14.7. The Kier molecular flexibility index (Phi) is 3.75. The van der Waals surface area contributed by atoms with Crippen LogP contribution in [-0.2, 0) is 22.9 Å². The van der Waals surface area contributed by atoms with E-state index in [1.54, 1.807) is 6.07 Å². The van der Waals surface area contributed by atoms with Gasteiger partial charge in [-0.2, -0.15) is 0 Å². The summed E-state index contributed by atoms with van der Waals surface area (Å²) >= 11 is 0. The number of nitrogens with one attached hydrogen (secondary N) is 1. The number of hydrogen-bond acceptors (Lipinski definition) is 3. The molecular weight excluding hydrogens is 296 g/mol. The van der Waals surface area contributed by atoms with E-state index in [0.717, 1.165) is 45.3 Å². The van der Waals surface area contributed by atoms with Crippen LogP contribution >= 0.6 is 0 Å². The summed E-state index contributed by atoms with van der Waals surface area (Å²) in [5.74, 6) is 0.511. The van der Waals surface area contributed by atoms with E-state index in [4.69, 9.17) is 0 Å². The van der Waals surface area contributed by atoms with E-state index >= 15 is 0 Å². The lowest BCUT2D eigenvalue weighted by Gasteiger charge is -2.44. The first-order valence-corrected chi connectivity index (χ1v) is 9.97. The van der Waals surface area contributed by atoms with Crippen molar-refractivity contribution in [1.82, 2.24) is 9.62 Å². The molecule has 3 fully saturated rings. The molecule has 1 aromatic rings. The highest BCUT2D eigenvalue weighted by molar-refractivity contribution is 7.89. The lowest BCUT2D eigenvalue weighted by Crippen LogP contribution is -2.57. The highest BCUT2D eigenvalue weighted by Crippen LogP contribution is 2.29. The summed E-state index contributed by atoms with van der Waals surface area (Å²) < 4.78 is 28.4. The summed E-state index contributed by atoms with van der Waals surface area (Å²) in [4.78, 5) is 2.82. The second-order valence-corrected chi connectivity index (χ2v) is 8.72. The largest absolute Gasteiger partial charge is 0.302 e. The van der Waals surface area contributed by atoms with Crippen LogP contribution in [-0.4, -0.2) is 39.0 Å². The third kappa shape index (κ3) is 2.70. The molecule has 1 atom stereocenters. The molecule has 1 aromatic carbocycles. The summed E-state index contributed by atoms with van der Waals surface area (Å²) in [6.07, 6.45) is 6.73. The standard InChI is InChI=1S/C17H24N2O2S/c20-22(21,18-17-12-19-9-7-14(17)8-10-19)16-6-5-13-3-1-2-4-15(13)11-16/h5-6,11,14,17-18H,1-4,7-10,12H2. The van der Waals surface area contributed by atoms with E-state index in [-0.39, 0.29) is 6.04 Å². The summed E-state index contributed by atoms with van der Waals surface area (Å²) in [5.41, 5.74) is 2.55. The summed E-state index contributed by atoms with van der Waals surface area (Å²) in [7, 11) is -3.39. The fraction of sp³-hybridized carbons (Fsp3) is 0.647. The zero-order valence-corrected chi connectivity index (χ0v) is 13.7. The van der Waals surface area contributed by atoms with Gasteiger partial charge in [-0.05, 0) is 80.8 Å². The third-order valence-corrected chi connectivity index (χ3v) is 7.08. The van der Waals surface area contributed by atoms with Gasteiger partial charge < -0.3 is 4.90 Å². The SMILES string of the molecule is O=S(=O)(NC1CN2CCC1CC2)c1ccc2c(c1)CCCC2. The molecule has 5 heteroatoms. The fourth-order valence-electron chi connectivity index (χ4n) is 4.24. The number of nitrogens with zero attached hydrogens (tertiary/aromatic N) is 1. The molecule has 22 heavy (non-hydrogen) atoms. The second-order valence-electron chi connectivity index (χ2n) is 7.00. The zero-order chi connectivity index (χ0) is 15.2. The van der Waals surface area contributed by atoms with Crippen LogP contribution in [0.5, 0.6) is 0 Å². The van der Waals surface area contributed by atoms with Gasteiger partial charge in [-0.3, -0.25) is 0 Å². The molecule has 3 aliphatic heterocycles. The van der Waals surface area contributed by atoms with Gasteiger partial charge in [0.15, 0.2) is 0 Å². The van der Waals surface area contributed by atoms with Crippen LogP contribution in [0.3, 0.4) is 0 Å². The highest BCUT2D eigenvalue weighted by atomic mass is 32.2.